The van der Waals surface area contributed by atoms with Crippen molar-refractivity contribution in [2.45, 2.75) is 31.7 Å². The highest BCUT2D eigenvalue weighted by Gasteiger charge is 2.27. The number of nitrogens with one attached hydrogen (secondary N) is 1. The van der Waals surface area contributed by atoms with E-state index in [1.807, 2.05) is 12.1 Å². The summed E-state index contributed by atoms with van der Waals surface area (Å²) in [6.07, 6.45) is 4.11. The van der Waals surface area contributed by atoms with Gasteiger partial charge >= 0.3 is 6.09 Å². The maximum absolute atomic E-state index is 12.5. The predicted octanol–water partition coefficient (Wildman–Crippen LogP) is 5.65. The molecule has 11 heteroatoms. The molecule has 1 saturated carbocycles. The van der Waals surface area contributed by atoms with Gasteiger partial charge < -0.3 is 19.9 Å². The van der Waals surface area contributed by atoms with Crippen LogP contribution in [-0.4, -0.2) is 57.5 Å². The Morgan fingerprint density at radius 1 is 1.10 bits per heavy atom. The number of ether oxygens (including phenoxy) is 2. The van der Waals surface area contributed by atoms with E-state index >= 15 is 0 Å². The van der Waals surface area contributed by atoms with E-state index in [-0.39, 0.29) is 30.3 Å². The highest BCUT2D eigenvalue weighted by atomic mass is 35.5. The second-order valence-corrected chi connectivity index (χ2v) is 10.5. The number of aromatic nitrogens is 3. The number of halogens is 1. The number of carbonyl (C=O) groups excluding carboxylic acids is 1. The van der Waals surface area contributed by atoms with Crippen molar-refractivity contribution in [3.63, 3.8) is 0 Å². The number of para-hydroxylation sites is 1. The molecule has 2 aliphatic rings. The molecule has 0 unspecified atom stereocenters. The number of benzene rings is 2. The van der Waals surface area contributed by atoms with E-state index < -0.39 is 6.09 Å². The second-order valence-electron chi connectivity index (χ2n) is 10.1. The summed E-state index contributed by atoms with van der Waals surface area (Å²) in [6, 6.07) is 16.0. The Kier molecular flexibility index (Phi) is 7.27. The molecule has 0 bridgehead atoms. The van der Waals surface area contributed by atoms with Crippen molar-refractivity contribution in [1.82, 2.24) is 19.9 Å². The summed E-state index contributed by atoms with van der Waals surface area (Å²) in [5.74, 6) is 0.595. The zero-order chi connectivity index (χ0) is 27.6. The summed E-state index contributed by atoms with van der Waals surface area (Å²) >= 11 is 6.33. The molecule has 2 aromatic heterocycles. The van der Waals surface area contributed by atoms with Crippen LogP contribution in [0, 0.1) is 5.92 Å². The highest BCUT2D eigenvalue weighted by Crippen LogP contribution is 2.34. The number of rotatable bonds is 8. The standard InChI is InChI=1S/C29H28ClN5O5/c30-22-3-1-2-4-25(22)40-26-15-23(34(29(37)38)17-18-11-13-39-14-12-18)27-31-16-24(35(27)33-26)19-5-7-20(8-6-19)28(36)32-21-9-10-21/h1-8,15-16,18,21H,9-14,17H2,(H,32,36)(H,37,38). The van der Waals surface area contributed by atoms with E-state index in [0.717, 1.165) is 31.2 Å². The molecular formula is C29H28ClN5O5. The fourth-order valence-electron chi connectivity index (χ4n) is 4.77. The molecule has 206 valence electrons. The van der Waals surface area contributed by atoms with Crippen LogP contribution in [0.2, 0.25) is 5.02 Å². The first-order valence-corrected chi connectivity index (χ1v) is 13.6. The van der Waals surface area contributed by atoms with Gasteiger partial charge in [-0.15, -0.1) is 5.10 Å². The number of imidazole rings is 1. The van der Waals surface area contributed by atoms with E-state index in [4.69, 9.17) is 21.1 Å². The van der Waals surface area contributed by atoms with Gasteiger partial charge in [0, 0.05) is 43.0 Å². The van der Waals surface area contributed by atoms with Crippen molar-refractivity contribution < 1.29 is 24.2 Å². The number of hydrogen-bond donors (Lipinski definition) is 2. The van der Waals surface area contributed by atoms with E-state index in [1.165, 1.54) is 4.90 Å². The van der Waals surface area contributed by atoms with Gasteiger partial charge in [0.25, 0.3) is 5.91 Å². The van der Waals surface area contributed by atoms with Gasteiger partial charge in [-0.2, -0.15) is 0 Å². The number of fused-ring (bicyclic) bond motifs is 1. The number of anilines is 1. The van der Waals surface area contributed by atoms with Crippen LogP contribution in [0.15, 0.2) is 60.8 Å². The van der Waals surface area contributed by atoms with Gasteiger partial charge in [0.1, 0.15) is 5.75 Å². The molecule has 4 aromatic rings. The molecule has 0 spiro atoms. The molecule has 2 fully saturated rings. The fraction of sp³-hybridized carbons (Fsp3) is 0.310. The van der Waals surface area contributed by atoms with Crippen molar-refractivity contribution in [3.05, 3.63) is 71.4 Å². The first-order chi connectivity index (χ1) is 19.5. The average Bonchev–Trinajstić information content (AvgIpc) is 3.68. The predicted molar refractivity (Wildman–Crippen MR) is 149 cm³/mol. The topological polar surface area (TPSA) is 118 Å². The minimum atomic E-state index is -1.10. The van der Waals surface area contributed by atoms with Gasteiger partial charge in [-0.05, 0) is 55.9 Å². The molecule has 2 N–H and O–H groups in total. The molecule has 40 heavy (non-hydrogen) atoms. The maximum Gasteiger partial charge on any atom is 0.411 e. The van der Waals surface area contributed by atoms with Crippen LogP contribution in [0.25, 0.3) is 16.9 Å². The number of amides is 2. The molecule has 1 aliphatic heterocycles. The van der Waals surface area contributed by atoms with Crippen LogP contribution in [0.5, 0.6) is 11.6 Å². The molecule has 2 aromatic carbocycles. The Balaban J connectivity index is 1.40. The van der Waals surface area contributed by atoms with Crippen molar-refractivity contribution in [1.29, 1.82) is 0 Å². The third-order valence-electron chi connectivity index (χ3n) is 7.14. The molecule has 3 heterocycles. The Morgan fingerprint density at radius 3 is 2.55 bits per heavy atom. The van der Waals surface area contributed by atoms with Crippen molar-refractivity contribution in [2.75, 3.05) is 24.7 Å². The Hall–Kier alpha value is -4.15. The summed E-state index contributed by atoms with van der Waals surface area (Å²) in [4.78, 5) is 30.9. The average molecular weight is 562 g/mol. The molecule has 1 aliphatic carbocycles. The van der Waals surface area contributed by atoms with Crippen LogP contribution >= 0.6 is 11.6 Å². The molecule has 1 saturated heterocycles. The van der Waals surface area contributed by atoms with Crippen molar-refractivity contribution in [3.8, 4) is 22.9 Å². The van der Waals surface area contributed by atoms with E-state index in [9.17, 15) is 14.7 Å². The van der Waals surface area contributed by atoms with Gasteiger partial charge in [0.05, 0.1) is 22.6 Å². The first kappa shape index (κ1) is 26.1. The molecule has 0 radical (unpaired) electrons. The van der Waals surface area contributed by atoms with Crippen molar-refractivity contribution in [2.24, 2.45) is 5.92 Å². The third-order valence-corrected chi connectivity index (χ3v) is 7.45. The van der Waals surface area contributed by atoms with Gasteiger partial charge in [-0.25, -0.2) is 14.3 Å². The largest absolute Gasteiger partial charge is 0.465 e. The van der Waals surface area contributed by atoms with Crippen LogP contribution in [0.3, 0.4) is 0 Å². The summed E-state index contributed by atoms with van der Waals surface area (Å²) in [5, 5.41) is 18.3. The van der Waals surface area contributed by atoms with E-state index in [0.29, 0.717) is 46.6 Å². The molecule has 0 atom stereocenters. The minimum absolute atomic E-state index is 0.103. The van der Waals surface area contributed by atoms with E-state index in [1.54, 1.807) is 53.2 Å². The first-order valence-electron chi connectivity index (χ1n) is 13.3. The zero-order valence-corrected chi connectivity index (χ0v) is 22.4. The van der Waals surface area contributed by atoms with Crippen molar-refractivity contribution >= 4 is 34.9 Å². The van der Waals surface area contributed by atoms with Gasteiger partial charge in [-0.1, -0.05) is 35.9 Å². The number of hydrogen-bond acceptors (Lipinski definition) is 6. The number of carbonyl (C=O) groups is 2. The molecule has 2 amide bonds. The van der Waals surface area contributed by atoms with E-state index in [2.05, 4.69) is 15.4 Å². The van der Waals surface area contributed by atoms with Crippen LogP contribution in [0.1, 0.15) is 36.0 Å². The second kappa shape index (κ2) is 11.1. The quantitative estimate of drug-likeness (QED) is 0.285. The van der Waals surface area contributed by atoms with Gasteiger partial charge in [0.15, 0.2) is 5.65 Å². The van der Waals surface area contributed by atoms with Gasteiger partial charge in [0.2, 0.25) is 5.88 Å². The smallest absolute Gasteiger partial charge is 0.411 e. The van der Waals surface area contributed by atoms with Crippen LogP contribution in [-0.2, 0) is 4.74 Å². The molecular weight excluding hydrogens is 534 g/mol. The summed E-state index contributed by atoms with van der Waals surface area (Å²) in [7, 11) is 0. The molecule has 6 rings (SSSR count). The monoisotopic (exact) mass is 561 g/mol. The maximum atomic E-state index is 12.5. The lowest BCUT2D eigenvalue weighted by Gasteiger charge is -2.28. The summed E-state index contributed by atoms with van der Waals surface area (Å²) in [6.45, 7) is 1.50. The number of carboxylic acid groups (broad SMARTS) is 1. The number of nitrogens with zero attached hydrogens (tertiary/aromatic N) is 4. The van der Waals surface area contributed by atoms with Crippen LogP contribution in [0.4, 0.5) is 10.5 Å². The van der Waals surface area contributed by atoms with Gasteiger partial charge in [-0.3, -0.25) is 9.69 Å². The lowest BCUT2D eigenvalue weighted by molar-refractivity contribution is 0.0680. The fourth-order valence-corrected chi connectivity index (χ4v) is 4.95. The van der Waals surface area contributed by atoms with Crippen LogP contribution < -0.4 is 15.0 Å². The lowest BCUT2D eigenvalue weighted by atomic mass is 9.99. The summed E-state index contributed by atoms with van der Waals surface area (Å²) < 4.78 is 13.1. The molecule has 10 nitrogen and oxygen atoms in total. The lowest BCUT2D eigenvalue weighted by Crippen LogP contribution is -2.36. The summed E-state index contributed by atoms with van der Waals surface area (Å²) in [5.41, 5.74) is 2.66. The Labute approximate surface area is 235 Å². The Morgan fingerprint density at radius 2 is 1.85 bits per heavy atom. The highest BCUT2D eigenvalue weighted by molar-refractivity contribution is 6.32. The Bertz CT molecular complexity index is 1550. The zero-order valence-electron chi connectivity index (χ0n) is 21.6. The normalized spacial score (nSPS) is 15.6. The minimum Gasteiger partial charge on any atom is -0.465 e. The SMILES string of the molecule is O=C(NC1CC1)c1ccc(-c2cnc3c(N(CC4CCOCC4)C(=O)O)cc(Oc4ccccc4Cl)nn23)cc1. The third kappa shape index (κ3) is 5.59.